The molecule has 0 saturated heterocycles. The summed E-state index contributed by atoms with van der Waals surface area (Å²) in [6, 6.07) is 0. The smallest absolute Gasteiger partial charge is 1.00 e. The molecule has 1 fully saturated rings. The predicted octanol–water partition coefficient (Wildman–Crippen LogP) is -1.22. The van der Waals surface area contributed by atoms with Crippen molar-refractivity contribution in [2.45, 2.75) is 31.9 Å². The molecular weight excluding hydrogens is 132 g/mol. The summed E-state index contributed by atoms with van der Waals surface area (Å²) in [4.78, 5) is 0. The summed E-state index contributed by atoms with van der Waals surface area (Å²) in [6.07, 6.45) is -17.9. The zero-order valence-corrected chi connectivity index (χ0v) is 6.26. The second kappa shape index (κ2) is 8.06. The van der Waals surface area contributed by atoms with Crippen LogP contribution in [-0.4, -0.2) is 23.1 Å². The Hall–Kier alpha value is 1.06. The summed E-state index contributed by atoms with van der Waals surface area (Å²) in [7, 11) is 0. The molecule has 0 N–H and O–H groups in total. The normalized spacial score (nSPS) is 72.2. The van der Waals surface area contributed by atoms with E-state index in [0.29, 0.717) is 0 Å². The van der Waals surface area contributed by atoms with Gasteiger partial charge in [-0.15, -0.1) is 0 Å². The van der Waals surface area contributed by atoms with Gasteiger partial charge in [0.25, 0.3) is 0 Å². The van der Waals surface area contributed by atoms with Crippen LogP contribution in [0.5, 0.6) is 0 Å². The summed E-state index contributed by atoms with van der Waals surface area (Å²) in [5, 5.41) is 0. The first-order valence-electron chi connectivity index (χ1n) is 7.00. The fraction of sp³-hybridized carbons (Fsp3) is 0.833. The third-order valence-electron chi connectivity index (χ3n) is 0.375. The molecule has 0 amide bonds. The monoisotopic (exact) mass is 153 g/mol. The quantitative estimate of drug-likeness (QED) is 0.303. The van der Waals surface area contributed by atoms with Gasteiger partial charge in [0.2, 0.25) is 0 Å². The van der Waals surface area contributed by atoms with E-state index >= 15 is 0 Å². The first-order valence-corrected chi connectivity index (χ1v) is 1.50. The van der Waals surface area contributed by atoms with Crippen LogP contribution in [0.2, 0.25) is 0 Å². The van der Waals surface area contributed by atoms with Gasteiger partial charge in [-0.25, -0.2) is 1.37 Å². The van der Waals surface area contributed by atoms with E-state index in [1.54, 1.807) is 0 Å². The first kappa shape index (κ1) is 1.80. The van der Waals surface area contributed by atoms with Gasteiger partial charge in [-0.1, -0.05) is 19.1 Å². The first-order chi connectivity index (χ1) is 7.15. The van der Waals surface area contributed by atoms with Gasteiger partial charge in [-0.05, 0) is 5.48 Å². The minimum atomic E-state index is -3.41. The summed E-state index contributed by atoms with van der Waals surface area (Å²) in [5.74, 6) is 0. The summed E-state index contributed by atoms with van der Waals surface area (Å²) >= 11 is 0. The Morgan fingerprint density at radius 3 is 2.25 bits per heavy atom. The average Bonchev–Trinajstić information content (AvgIpc) is 2.13. The molecule has 0 bridgehead atoms. The average molecular weight is 154 g/mol. The Bertz CT molecular complexity index is 310. The van der Waals surface area contributed by atoms with Gasteiger partial charge < -0.3 is 18.8 Å². The SMILES string of the molecule is [2H][C-]1C([2H])([2H])C([2H])([2H])C([2H])([2H])C([2H])([2H])C1([2H])[2H].[Cl-].[Mg+2]. The van der Waals surface area contributed by atoms with Crippen molar-refractivity contribution in [2.24, 2.45) is 0 Å². The van der Waals surface area contributed by atoms with E-state index in [9.17, 15) is 0 Å². The van der Waals surface area contributed by atoms with Crippen molar-refractivity contribution >= 4 is 23.1 Å². The molecule has 1 saturated carbocycles. The molecule has 8 heavy (non-hydrogen) atoms. The molecule has 0 aromatic heterocycles. The Balaban J connectivity index is 0. The van der Waals surface area contributed by atoms with Gasteiger partial charge in [-0.2, -0.15) is 12.7 Å². The molecule has 44 valence electrons. The number of rotatable bonds is 0. The minimum absolute atomic E-state index is 0. The van der Waals surface area contributed by atoms with Crippen molar-refractivity contribution in [1.29, 1.82) is 0 Å². The van der Waals surface area contributed by atoms with E-state index in [1.807, 2.05) is 0 Å². The summed E-state index contributed by atoms with van der Waals surface area (Å²) < 4.78 is 80.9. The van der Waals surface area contributed by atoms with Crippen molar-refractivity contribution < 1.29 is 27.5 Å². The Morgan fingerprint density at radius 1 is 1.25 bits per heavy atom. The van der Waals surface area contributed by atoms with Crippen molar-refractivity contribution in [2.75, 3.05) is 0 Å². The predicted molar refractivity (Wildman–Crippen MR) is 33.1 cm³/mol. The Morgan fingerprint density at radius 2 is 1.75 bits per heavy atom. The standard InChI is InChI=1S/C6H11.ClH.Mg/c1-2-4-6-5-3-1;;/h1H,2-6H2;1H;/q-1;;+2/p-1/i1D,2D2,3D2,4D2,5D2,6D2;;. The molecule has 0 unspecified atom stereocenters. The molecule has 2 heteroatoms. The maximum atomic E-state index is 7.37. The van der Waals surface area contributed by atoms with Crippen LogP contribution in [0.1, 0.15) is 46.9 Å². The minimum Gasteiger partial charge on any atom is -1.00 e. The van der Waals surface area contributed by atoms with Gasteiger partial charge in [0.05, 0.1) is 0 Å². The molecule has 0 radical (unpaired) electrons. The van der Waals surface area contributed by atoms with Gasteiger partial charge in [0, 0.05) is 8.22 Å². The molecule has 1 rings (SSSR count). The summed E-state index contributed by atoms with van der Waals surface area (Å²) in [5.41, 5.74) is 0. The van der Waals surface area contributed by atoms with E-state index in [-0.39, 0.29) is 35.5 Å². The number of halogens is 1. The zero-order chi connectivity index (χ0) is 14.1. The van der Waals surface area contributed by atoms with Gasteiger partial charge in [0.15, 0.2) is 0 Å². The van der Waals surface area contributed by atoms with E-state index in [2.05, 4.69) is 0 Å². The molecule has 0 nitrogen and oxygen atoms in total. The van der Waals surface area contributed by atoms with Crippen LogP contribution in [0.4, 0.5) is 0 Å². The van der Waals surface area contributed by atoms with E-state index in [0.717, 1.165) is 0 Å². The fourth-order valence-corrected chi connectivity index (χ4v) is 0.188. The van der Waals surface area contributed by atoms with Gasteiger partial charge >= 0.3 is 23.1 Å². The number of hydrogen-bond donors (Lipinski definition) is 0. The van der Waals surface area contributed by atoms with Crippen molar-refractivity contribution in [3.05, 3.63) is 6.40 Å². The van der Waals surface area contributed by atoms with Crippen molar-refractivity contribution in [1.82, 2.24) is 0 Å². The molecule has 0 atom stereocenters. The van der Waals surface area contributed by atoms with Gasteiger partial charge in [-0.3, -0.25) is 0 Å². The van der Waals surface area contributed by atoms with Crippen LogP contribution in [0, 0.1) is 6.40 Å². The van der Waals surface area contributed by atoms with Crippen LogP contribution in [0.3, 0.4) is 0 Å². The topological polar surface area (TPSA) is 0 Å². The molecule has 0 spiro atoms. The summed E-state index contributed by atoms with van der Waals surface area (Å²) in [6.45, 7) is 0. The molecule has 0 aromatic carbocycles. The van der Waals surface area contributed by atoms with E-state index in [4.69, 9.17) is 15.1 Å². The van der Waals surface area contributed by atoms with Crippen LogP contribution < -0.4 is 12.4 Å². The maximum Gasteiger partial charge on any atom is 2.00 e. The second-order valence-electron chi connectivity index (χ2n) is 0.750. The van der Waals surface area contributed by atoms with Crippen molar-refractivity contribution in [3.8, 4) is 0 Å². The molecule has 1 aliphatic carbocycles. The van der Waals surface area contributed by atoms with Crippen LogP contribution >= 0.6 is 0 Å². The van der Waals surface area contributed by atoms with Gasteiger partial charge in [0.1, 0.15) is 0 Å². The third-order valence-corrected chi connectivity index (χ3v) is 0.375. The van der Waals surface area contributed by atoms with Crippen LogP contribution in [0.15, 0.2) is 0 Å². The van der Waals surface area contributed by atoms with Crippen LogP contribution in [0.25, 0.3) is 0 Å². The number of hydrogen-bond acceptors (Lipinski definition) is 0. The molecular formula is C6H11ClMg. The molecule has 1 aliphatic rings. The maximum absolute atomic E-state index is 7.37. The fourth-order valence-electron chi connectivity index (χ4n) is 0.188. The van der Waals surface area contributed by atoms with E-state index in [1.165, 1.54) is 0 Å². The second-order valence-corrected chi connectivity index (χ2v) is 0.750. The molecule has 0 aromatic rings. The largest absolute Gasteiger partial charge is 2.00 e. The molecule has 0 heterocycles. The van der Waals surface area contributed by atoms with Crippen molar-refractivity contribution in [3.63, 3.8) is 0 Å². The Kier molecular flexibility index (Phi) is 1.82. The molecule has 0 aliphatic heterocycles. The zero-order valence-electron chi connectivity index (χ0n) is 15.1. The van der Waals surface area contributed by atoms with Crippen LogP contribution in [-0.2, 0) is 0 Å². The third kappa shape index (κ3) is 5.20. The van der Waals surface area contributed by atoms with E-state index < -0.39 is 38.3 Å². The Labute approximate surface area is 89.4 Å².